The molecular weight excluding hydrogens is 314 g/mol. The van der Waals surface area contributed by atoms with E-state index in [0.717, 1.165) is 0 Å². The van der Waals surface area contributed by atoms with Gasteiger partial charge in [-0.3, -0.25) is 0 Å². The second-order valence-electron chi connectivity index (χ2n) is 7.88. The Labute approximate surface area is 145 Å². The summed E-state index contributed by atoms with van der Waals surface area (Å²) in [6, 6.07) is 9.08. The number of allylic oxidation sites excluding steroid dienone is 4. The van der Waals surface area contributed by atoms with Crippen LogP contribution in [0, 0.1) is 11.3 Å². The van der Waals surface area contributed by atoms with E-state index in [9.17, 15) is 9.59 Å². The molecule has 1 aromatic carbocycles. The Morgan fingerprint density at radius 1 is 1.00 bits per heavy atom. The van der Waals surface area contributed by atoms with Gasteiger partial charge in [-0.05, 0) is 32.9 Å². The highest BCUT2D eigenvalue weighted by molar-refractivity contribution is 5.47. The van der Waals surface area contributed by atoms with Gasteiger partial charge in [0.05, 0.1) is 17.3 Å². The third kappa shape index (κ3) is 1.32. The quantitative estimate of drug-likeness (QED) is 0.752. The van der Waals surface area contributed by atoms with E-state index in [1.54, 1.807) is 21.5 Å². The summed E-state index contributed by atoms with van der Waals surface area (Å²) in [7, 11) is 0. The Bertz CT molecular complexity index is 1100. The number of hydrogen-bond donors (Lipinski definition) is 0. The average molecular weight is 335 g/mol. The predicted octanol–water partition coefficient (Wildman–Crippen LogP) is 2.61. The molecule has 6 rings (SSSR count). The van der Waals surface area contributed by atoms with Crippen molar-refractivity contribution in [3.63, 3.8) is 0 Å². The molecule has 2 aliphatic carbocycles. The van der Waals surface area contributed by atoms with Crippen LogP contribution in [0.2, 0.25) is 0 Å². The first-order chi connectivity index (χ1) is 11.8. The molecule has 5 nitrogen and oxygen atoms in total. The SMILES string of the molecule is CC1=C(C)[C@@]2(C)[C@H]1[C@@H]1C=C[C@]2(C)n2c(=O)n(-c3ccccc3)c(=O)n21. The molecular formula is C20H21N3O2. The third-order valence-corrected chi connectivity index (χ3v) is 7.18. The molecule has 0 amide bonds. The lowest BCUT2D eigenvalue weighted by atomic mass is 9.45. The van der Waals surface area contributed by atoms with Crippen LogP contribution in [0.25, 0.3) is 5.69 Å². The lowest BCUT2D eigenvalue weighted by Crippen LogP contribution is -2.67. The van der Waals surface area contributed by atoms with E-state index in [0.29, 0.717) is 5.69 Å². The lowest BCUT2D eigenvalue weighted by molar-refractivity contribution is -0.0328. The van der Waals surface area contributed by atoms with Gasteiger partial charge in [-0.15, -0.1) is 0 Å². The molecule has 2 aliphatic heterocycles. The minimum atomic E-state index is -0.535. The Hall–Kier alpha value is -2.56. The Balaban J connectivity index is 1.87. The molecule has 4 atom stereocenters. The summed E-state index contributed by atoms with van der Waals surface area (Å²) in [6.07, 6.45) is 4.23. The Morgan fingerprint density at radius 2 is 1.68 bits per heavy atom. The van der Waals surface area contributed by atoms with Gasteiger partial charge in [0, 0.05) is 11.3 Å². The minimum Gasteiger partial charge on any atom is -0.245 e. The molecule has 0 saturated carbocycles. The van der Waals surface area contributed by atoms with Crippen molar-refractivity contribution < 1.29 is 0 Å². The van der Waals surface area contributed by atoms with Crippen LogP contribution < -0.4 is 11.4 Å². The number of para-hydroxylation sites is 1. The van der Waals surface area contributed by atoms with Crippen LogP contribution in [0.4, 0.5) is 0 Å². The van der Waals surface area contributed by atoms with E-state index in [4.69, 9.17) is 0 Å². The van der Waals surface area contributed by atoms with Gasteiger partial charge in [0.25, 0.3) is 0 Å². The van der Waals surface area contributed by atoms with Crippen LogP contribution in [0.5, 0.6) is 0 Å². The molecule has 2 bridgehead atoms. The Kier molecular flexibility index (Phi) is 2.45. The van der Waals surface area contributed by atoms with Crippen molar-refractivity contribution in [3.8, 4) is 5.69 Å². The first kappa shape index (κ1) is 14.8. The van der Waals surface area contributed by atoms with Crippen molar-refractivity contribution in [1.82, 2.24) is 13.9 Å². The standard InChI is InChI=1S/C20H21N3O2/c1-12-13(2)20(4)16(12)15-10-11-19(20,3)23-18(25)21(17(24)22(15)23)14-8-6-5-7-9-14/h5-11,15-16H,1-4H3/t15-,16+,19-,20-/m0/s1. The minimum absolute atomic E-state index is 0.0966. The molecule has 4 aliphatic rings. The molecule has 25 heavy (non-hydrogen) atoms. The number of hydrogen-bond acceptors (Lipinski definition) is 2. The number of aromatic nitrogens is 3. The summed E-state index contributed by atoms with van der Waals surface area (Å²) in [5.74, 6) is 0.270. The zero-order chi connectivity index (χ0) is 17.7. The average Bonchev–Trinajstić information content (AvgIpc) is 2.89. The molecule has 0 N–H and O–H groups in total. The van der Waals surface area contributed by atoms with Gasteiger partial charge >= 0.3 is 11.4 Å². The maximum Gasteiger partial charge on any atom is 0.352 e. The van der Waals surface area contributed by atoms with Crippen LogP contribution in [-0.2, 0) is 5.54 Å². The second kappa shape index (κ2) is 4.15. The lowest BCUT2D eigenvalue weighted by Gasteiger charge is -2.65. The largest absolute Gasteiger partial charge is 0.352 e. The summed E-state index contributed by atoms with van der Waals surface area (Å²) in [5.41, 5.74) is 2.13. The van der Waals surface area contributed by atoms with Gasteiger partial charge in [0.15, 0.2) is 0 Å². The van der Waals surface area contributed by atoms with Crippen LogP contribution in [0.1, 0.15) is 33.7 Å². The highest BCUT2D eigenvalue weighted by atomic mass is 16.2. The molecule has 0 spiro atoms. The van der Waals surface area contributed by atoms with Crippen molar-refractivity contribution >= 4 is 0 Å². The third-order valence-electron chi connectivity index (χ3n) is 7.18. The molecule has 1 aromatic heterocycles. The monoisotopic (exact) mass is 335 g/mol. The zero-order valence-electron chi connectivity index (χ0n) is 14.9. The first-order valence-corrected chi connectivity index (χ1v) is 8.73. The van der Waals surface area contributed by atoms with Gasteiger partial charge in [0.2, 0.25) is 0 Å². The normalized spacial score (nSPS) is 34.7. The molecule has 0 radical (unpaired) electrons. The van der Waals surface area contributed by atoms with E-state index in [-0.39, 0.29) is 28.8 Å². The van der Waals surface area contributed by atoms with Gasteiger partial charge in [0.1, 0.15) is 0 Å². The summed E-state index contributed by atoms with van der Waals surface area (Å²) in [5, 5.41) is 0. The highest BCUT2D eigenvalue weighted by Crippen LogP contribution is 2.67. The second-order valence-corrected chi connectivity index (χ2v) is 7.88. The van der Waals surface area contributed by atoms with Gasteiger partial charge < -0.3 is 0 Å². The zero-order valence-corrected chi connectivity index (χ0v) is 14.9. The summed E-state index contributed by atoms with van der Waals surface area (Å²) in [6.45, 7) is 8.62. The molecule has 3 heterocycles. The van der Waals surface area contributed by atoms with Gasteiger partial charge in [-0.25, -0.2) is 23.5 Å². The molecule has 0 fully saturated rings. The fourth-order valence-corrected chi connectivity index (χ4v) is 5.54. The molecule has 128 valence electrons. The summed E-state index contributed by atoms with van der Waals surface area (Å²) < 4.78 is 4.67. The van der Waals surface area contributed by atoms with Crippen molar-refractivity contribution in [2.24, 2.45) is 11.3 Å². The van der Waals surface area contributed by atoms with E-state index >= 15 is 0 Å². The maximum atomic E-state index is 13.3. The van der Waals surface area contributed by atoms with E-state index in [1.165, 1.54) is 15.7 Å². The predicted molar refractivity (Wildman–Crippen MR) is 96.1 cm³/mol. The van der Waals surface area contributed by atoms with Gasteiger partial charge in [-0.1, -0.05) is 48.4 Å². The maximum absolute atomic E-state index is 13.3. The fourth-order valence-electron chi connectivity index (χ4n) is 5.54. The van der Waals surface area contributed by atoms with Crippen molar-refractivity contribution in [2.75, 3.05) is 0 Å². The van der Waals surface area contributed by atoms with Crippen LogP contribution >= 0.6 is 0 Å². The topological polar surface area (TPSA) is 48.9 Å². The van der Waals surface area contributed by atoms with E-state index < -0.39 is 5.54 Å². The summed E-state index contributed by atoms with van der Waals surface area (Å²) >= 11 is 0. The number of benzene rings is 1. The molecule has 0 saturated heterocycles. The van der Waals surface area contributed by atoms with Crippen LogP contribution in [0.3, 0.4) is 0 Å². The van der Waals surface area contributed by atoms with Crippen molar-refractivity contribution in [1.29, 1.82) is 0 Å². The van der Waals surface area contributed by atoms with Gasteiger partial charge in [-0.2, -0.15) is 0 Å². The van der Waals surface area contributed by atoms with E-state index in [1.807, 2.05) is 18.2 Å². The highest BCUT2D eigenvalue weighted by Gasteiger charge is 2.66. The van der Waals surface area contributed by atoms with E-state index in [2.05, 4.69) is 39.8 Å². The Morgan fingerprint density at radius 3 is 2.36 bits per heavy atom. The smallest absolute Gasteiger partial charge is 0.245 e. The van der Waals surface area contributed by atoms with Crippen molar-refractivity contribution in [3.05, 3.63) is 74.6 Å². The molecule has 0 unspecified atom stereocenters. The fraction of sp³-hybridized carbons (Fsp3) is 0.400. The molecule has 5 heteroatoms. The van der Waals surface area contributed by atoms with Crippen LogP contribution in [0.15, 0.2) is 63.2 Å². The van der Waals surface area contributed by atoms with Crippen LogP contribution in [-0.4, -0.2) is 13.9 Å². The number of nitrogens with zero attached hydrogens (tertiary/aromatic N) is 3. The first-order valence-electron chi connectivity index (χ1n) is 8.73. The summed E-state index contributed by atoms with van der Waals surface area (Å²) in [4.78, 5) is 26.5. The molecule has 2 aromatic rings. The number of rotatable bonds is 1. The van der Waals surface area contributed by atoms with Crippen molar-refractivity contribution in [2.45, 2.75) is 39.3 Å².